The number of carboxylic acids is 1. The maximum Gasteiger partial charge on any atom is 0.337 e. The van der Waals surface area contributed by atoms with E-state index in [0.29, 0.717) is 10.0 Å². The van der Waals surface area contributed by atoms with Crippen molar-refractivity contribution in [2.45, 2.75) is 6.92 Å². The third-order valence-electron chi connectivity index (χ3n) is 3.98. The molecule has 1 amide bonds. The number of fused-ring (bicyclic) bond motifs is 1. The Hall–Kier alpha value is -2.92. The number of carboxylic acid groups (broad SMARTS) is 1. The van der Waals surface area contributed by atoms with Gasteiger partial charge < -0.3 is 10.4 Å². The lowest BCUT2D eigenvalue weighted by Crippen LogP contribution is -2.15. The van der Waals surface area contributed by atoms with Gasteiger partial charge in [-0.05, 0) is 53.6 Å². The average molecular weight is 410 g/mol. The van der Waals surface area contributed by atoms with E-state index in [1.807, 2.05) is 42.5 Å². The van der Waals surface area contributed by atoms with Crippen LogP contribution in [-0.4, -0.2) is 17.0 Å². The fourth-order valence-corrected chi connectivity index (χ4v) is 3.00. The van der Waals surface area contributed by atoms with E-state index in [-0.39, 0.29) is 17.2 Å². The van der Waals surface area contributed by atoms with Gasteiger partial charge in [-0.3, -0.25) is 4.79 Å². The molecule has 3 aromatic rings. The molecular weight excluding hydrogens is 394 g/mol. The van der Waals surface area contributed by atoms with Crippen molar-refractivity contribution in [1.82, 2.24) is 0 Å². The Morgan fingerprint density at radius 3 is 2.46 bits per heavy atom. The largest absolute Gasteiger partial charge is 0.478 e. The molecule has 0 heterocycles. The van der Waals surface area contributed by atoms with Crippen LogP contribution in [0.2, 0.25) is 0 Å². The summed E-state index contributed by atoms with van der Waals surface area (Å²) < 4.78 is 0.635. The second-order valence-electron chi connectivity index (χ2n) is 5.88. The Morgan fingerprint density at radius 2 is 1.73 bits per heavy atom. The maximum absolute atomic E-state index is 12.5. The maximum atomic E-state index is 12.5. The zero-order valence-electron chi connectivity index (χ0n) is 14.0. The number of anilines is 1. The van der Waals surface area contributed by atoms with Crippen molar-refractivity contribution in [2.75, 3.05) is 5.32 Å². The third-order valence-corrected chi connectivity index (χ3v) is 4.47. The molecule has 0 aliphatic carbocycles. The van der Waals surface area contributed by atoms with Crippen LogP contribution in [0.5, 0.6) is 0 Å². The Balaban J connectivity index is 1.85. The van der Waals surface area contributed by atoms with E-state index in [2.05, 4.69) is 21.2 Å². The summed E-state index contributed by atoms with van der Waals surface area (Å²) in [6.07, 6.45) is 1.78. The molecule has 0 unspecified atom stereocenters. The van der Waals surface area contributed by atoms with E-state index in [1.165, 1.54) is 6.07 Å². The molecule has 0 atom stereocenters. The molecule has 0 bridgehead atoms. The summed E-state index contributed by atoms with van der Waals surface area (Å²) in [6, 6.07) is 18.7. The van der Waals surface area contributed by atoms with E-state index in [9.17, 15) is 14.7 Å². The molecule has 0 fully saturated rings. The normalized spacial score (nSPS) is 11.4. The third kappa shape index (κ3) is 4.00. The number of amides is 1. The average Bonchev–Trinajstić information content (AvgIpc) is 2.62. The number of hydrogen-bond acceptors (Lipinski definition) is 2. The van der Waals surface area contributed by atoms with Gasteiger partial charge in [0.1, 0.15) is 0 Å². The molecule has 0 spiro atoms. The molecule has 5 heteroatoms. The first-order valence-corrected chi connectivity index (χ1v) is 8.74. The molecule has 3 aromatic carbocycles. The molecule has 0 radical (unpaired) electrons. The van der Waals surface area contributed by atoms with Crippen molar-refractivity contribution < 1.29 is 14.7 Å². The van der Waals surface area contributed by atoms with Crippen molar-refractivity contribution in [1.29, 1.82) is 0 Å². The molecular formula is C21H16BrNO3. The van der Waals surface area contributed by atoms with Crippen molar-refractivity contribution in [2.24, 2.45) is 0 Å². The van der Waals surface area contributed by atoms with Gasteiger partial charge in [-0.1, -0.05) is 52.3 Å². The van der Waals surface area contributed by atoms with E-state index >= 15 is 0 Å². The summed E-state index contributed by atoms with van der Waals surface area (Å²) in [7, 11) is 0. The van der Waals surface area contributed by atoms with Crippen LogP contribution in [0.3, 0.4) is 0 Å². The zero-order valence-corrected chi connectivity index (χ0v) is 15.6. The number of rotatable bonds is 4. The fraction of sp³-hybridized carbons (Fsp3) is 0.0476. The van der Waals surface area contributed by atoms with Crippen LogP contribution in [0.15, 0.2) is 70.7 Å². The standard InChI is InChI=1S/C21H16BrNO3/c1-13(10-14-6-7-15-4-2-3-5-16(15)11-14)20(24)23-19-9-8-17(22)12-18(19)21(25)26/h2-12H,1H3,(H,23,24)(H,25,26)/b13-10+. The monoisotopic (exact) mass is 409 g/mol. The number of carbonyl (C=O) groups excluding carboxylic acids is 1. The van der Waals surface area contributed by atoms with Gasteiger partial charge in [-0.15, -0.1) is 0 Å². The number of halogens is 1. The minimum absolute atomic E-state index is 0.0335. The topological polar surface area (TPSA) is 66.4 Å². The minimum Gasteiger partial charge on any atom is -0.478 e. The molecule has 0 aliphatic rings. The van der Waals surface area contributed by atoms with Gasteiger partial charge >= 0.3 is 5.97 Å². The highest BCUT2D eigenvalue weighted by atomic mass is 79.9. The lowest BCUT2D eigenvalue weighted by molar-refractivity contribution is -0.112. The zero-order chi connectivity index (χ0) is 18.7. The van der Waals surface area contributed by atoms with Crippen molar-refractivity contribution in [3.63, 3.8) is 0 Å². The summed E-state index contributed by atoms with van der Waals surface area (Å²) in [5, 5.41) is 14.2. The van der Waals surface area contributed by atoms with E-state index in [4.69, 9.17) is 0 Å². The van der Waals surface area contributed by atoms with E-state index in [1.54, 1.807) is 25.1 Å². The quantitative estimate of drug-likeness (QED) is 0.571. The van der Waals surface area contributed by atoms with Crippen molar-refractivity contribution in [3.05, 3.63) is 81.8 Å². The molecule has 26 heavy (non-hydrogen) atoms. The lowest BCUT2D eigenvalue weighted by Gasteiger charge is -2.09. The molecule has 0 saturated heterocycles. The van der Waals surface area contributed by atoms with Crippen LogP contribution in [-0.2, 0) is 4.79 Å². The number of aromatic carboxylic acids is 1. The number of nitrogens with one attached hydrogen (secondary N) is 1. The SMILES string of the molecule is C/C(=C\c1ccc2ccccc2c1)C(=O)Nc1ccc(Br)cc1C(=O)O. The van der Waals surface area contributed by atoms with E-state index < -0.39 is 5.97 Å². The first-order valence-electron chi connectivity index (χ1n) is 7.95. The molecule has 3 rings (SSSR count). The fourth-order valence-electron chi connectivity index (χ4n) is 2.64. The Kier molecular flexibility index (Phi) is 5.19. The van der Waals surface area contributed by atoms with Crippen LogP contribution in [0.4, 0.5) is 5.69 Å². The molecule has 4 nitrogen and oxygen atoms in total. The van der Waals surface area contributed by atoms with Crippen molar-refractivity contribution in [3.8, 4) is 0 Å². The Labute approximate surface area is 159 Å². The number of hydrogen-bond donors (Lipinski definition) is 2. The van der Waals surface area contributed by atoms with Gasteiger partial charge in [0.2, 0.25) is 0 Å². The summed E-state index contributed by atoms with van der Waals surface area (Å²) in [5.41, 5.74) is 1.69. The minimum atomic E-state index is -1.10. The molecule has 0 aromatic heterocycles. The van der Waals surface area contributed by atoms with Gasteiger partial charge in [0, 0.05) is 10.0 Å². The lowest BCUT2D eigenvalue weighted by atomic mass is 10.1. The summed E-state index contributed by atoms with van der Waals surface area (Å²) in [6.45, 7) is 1.70. The van der Waals surface area contributed by atoms with Crippen LogP contribution in [0.1, 0.15) is 22.8 Å². The summed E-state index contributed by atoms with van der Waals surface area (Å²) in [5.74, 6) is -1.44. The highest BCUT2D eigenvalue weighted by molar-refractivity contribution is 9.10. The highest BCUT2D eigenvalue weighted by Gasteiger charge is 2.14. The summed E-state index contributed by atoms with van der Waals surface area (Å²) in [4.78, 5) is 23.8. The van der Waals surface area contributed by atoms with Gasteiger partial charge in [0.05, 0.1) is 11.3 Å². The Bertz CT molecular complexity index is 1040. The van der Waals surface area contributed by atoms with E-state index in [0.717, 1.165) is 16.3 Å². The first kappa shape index (κ1) is 17.9. The van der Waals surface area contributed by atoms with Crippen LogP contribution >= 0.6 is 15.9 Å². The van der Waals surface area contributed by atoms with Crippen LogP contribution in [0, 0.1) is 0 Å². The second-order valence-corrected chi connectivity index (χ2v) is 6.80. The number of benzene rings is 3. The molecule has 130 valence electrons. The number of carbonyl (C=O) groups is 2. The van der Waals surface area contributed by atoms with Crippen LogP contribution in [0.25, 0.3) is 16.8 Å². The van der Waals surface area contributed by atoms with Crippen molar-refractivity contribution >= 4 is 50.3 Å². The van der Waals surface area contributed by atoms with Gasteiger partial charge in [0.25, 0.3) is 5.91 Å². The van der Waals surface area contributed by atoms with Gasteiger partial charge in [-0.25, -0.2) is 4.79 Å². The highest BCUT2D eigenvalue weighted by Crippen LogP contribution is 2.22. The smallest absolute Gasteiger partial charge is 0.337 e. The second kappa shape index (κ2) is 7.54. The summed E-state index contributed by atoms with van der Waals surface area (Å²) >= 11 is 3.24. The first-order chi connectivity index (χ1) is 12.4. The Morgan fingerprint density at radius 1 is 1.00 bits per heavy atom. The predicted octanol–water partition coefficient (Wildman–Crippen LogP) is 5.34. The predicted molar refractivity (Wildman–Crippen MR) is 107 cm³/mol. The van der Waals surface area contributed by atoms with Crippen LogP contribution < -0.4 is 5.32 Å². The molecule has 2 N–H and O–H groups in total. The molecule has 0 aliphatic heterocycles. The molecule has 0 saturated carbocycles. The van der Waals surface area contributed by atoms with Gasteiger partial charge in [0.15, 0.2) is 0 Å². The van der Waals surface area contributed by atoms with Gasteiger partial charge in [-0.2, -0.15) is 0 Å².